The topological polar surface area (TPSA) is 90.9 Å². The molecule has 1 N–H and O–H groups in total. The van der Waals surface area contributed by atoms with Crippen LogP contribution in [0.25, 0.3) is 0 Å². The first-order valence-electron chi connectivity index (χ1n) is 11.8. The van der Waals surface area contributed by atoms with Gasteiger partial charge in [0.25, 0.3) is 10.1 Å². The van der Waals surface area contributed by atoms with Crippen LogP contribution < -0.4 is 5.32 Å². The van der Waals surface area contributed by atoms with E-state index in [1.54, 1.807) is 24.3 Å². The van der Waals surface area contributed by atoms with Gasteiger partial charge in [0.1, 0.15) is 0 Å². The summed E-state index contributed by atoms with van der Waals surface area (Å²) in [7, 11) is -2.40. The van der Waals surface area contributed by atoms with Gasteiger partial charge in [0.2, 0.25) is 0 Å². The number of benzene rings is 2. The Bertz CT molecular complexity index is 1050. The highest BCUT2D eigenvalue weighted by molar-refractivity contribution is 7.86. The number of carbonyl (C=O) groups is 1. The van der Waals surface area contributed by atoms with Crippen molar-refractivity contribution in [1.29, 1.82) is 0 Å². The van der Waals surface area contributed by atoms with Crippen LogP contribution in [0, 0.1) is 6.92 Å². The van der Waals surface area contributed by atoms with Crippen molar-refractivity contribution in [3.8, 4) is 0 Å². The summed E-state index contributed by atoms with van der Waals surface area (Å²) in [5, 5.41) is 2.82. The number of methoxy groups -OCH3 is 1. The Hall–Kier alpha value is -2.42. The minimum absolute atomic E-state index is 0.00953. The molecule has 34 heavy (non-hydrogen) atoms. The lowest BCUT2D eigenvalue weighted by Gasteiger charge is -2.26. The zero-order valence-electron chi connectivity index (χ0n) is 20.2. The summed E-state index contributed by atoms with van der Waals surface area (Å²) in [6.45, 7) is 4.81. The third-order valence-electron chi connectivity index (χ3n) is 6.19. The van der Waals surface area contributed by atoms with Gasteiger partial charge in [-0.25, -0.2) is 4.79 Å². The van der Waals surface area contributed by atoms with Gasteiger partial charge in [-0.05, 0) is 61.4 Å². The number of ether oxygens (including phenoxy) is 2. The van der Waals surface area contributed by atoms with Gasteiger partial charge in [0.05, 0.1) is 31.3 Å². The standard InChI is InChI=1S/C26H35NO6S/c1-4-5-23(18-27-26(28)31-3)21-8-9-22-17-24(11-10-20(22)16-21)32-14-15-33-34(29,30)25-12-6-19(2)7-13-25/h6-9,12-13,16,23-24H,4-5,10-11,14-15,17-18H2,1-3H3,(H,27,28). The molecule has 0 spiro atoms. The van der Waals surface area contributed by atoms with Gasteiger partial charge < -0.3 is 14.8 Å². The maximum atomic E-state index is 12.3. The summed E-state index contributed by atoms with van der Waals surface area (Å²) in [6.07, 6.45) is 4.22. The quantitative estimate of drug-likeness (QED) is 0.369. The summed E-state index contributed by atoms with van der Waals surface area (Å²) in [6, 6.07) is 13.1. The van der Waals surface area contributed by atoms with E-state index in [0.29, 0.717) is 6.54 Å². The number of nitrogens with one attached hydrogen (secondary N) is 1. The SMILES string of the molecule is CCCC(CNC(=O)OC)c1ccc2c(c1)CCC(OCCOS(=O)(=O)c1ccc(C)cc1)C2. The van der Waals surface area contributed by atoms with Crippen LogP contribution >= 0.6 is 0 Å². The van der Waals surface area contributed by atoms with Crippen LogP contribution in [0.4, 0.5) is 4.79 Å². The van der Waals surface area contributed by atoms with E-state index in [1.165, 1.54) is 23.8 Å². The second-order valence-corrected chi connectivity index (χ2v) is 10.3. The van der Waals surface area contributed by atoms with Gasteiger partial charge in [-0.1, -0.05) is 49.2 Å². The van der Waals surface area contributed by atoms with Crippen LogP contribution in [0.15, 0.2) is 47.4 Å². The number of alkyl carbamates (subject to hydrolysis) is 1. The number of carbonyl (C=O) groups excluding carboxylic acids is 1. The molecule has 186 valence electrons. The van der Waals surface area contributed by atoms with E-state index < -0.39 is 16.2 Å². The van der Waals surface area contributed by atoms with E-state index in [0.717, 1.165) is 37.7 Å². The summed E-state index contributed by atoms with van der Waals surface area (Å²) >= 11 is 0. The number of amides is 1. The van der Waals surface area contributed by atoms with Crippen LogP contribution in [0.3, 0.4) is 0 Å². The second kappa shape index (κ2) is 12.3. The fourth-order valence-electron chi connectivity index (χ4n) is 4.28. The number of rotatable bonds is 11. The molecule has 2 aromatic carbocycles. The lowest BCUT2D eigenvalue weighted by atomic mass is 9.85. The van der Waals surface area contributed by atoms with Crippen molar-refractivity contribution in [3.05, 3.63) is 64.7 Å². The Morgan fingerprint density at radius 2 is 1.88 bits per heavy atom. The van der Waals surface area contributed by atoms with Crippen molar-refractivity contribution < 1.29 is 26.9 Å². The van der Waals surface area contributed by atoms with Gasteiger partial charge in [-0.3, -0.25) is 4.18 Å². The zero-order chi connectivity index (χ0) is 24.6. The van der Waals surface area contributed by atoms with E-state index in [2.05, 4.69) is 30.4 Å². The van der Waals surface area contributed by atoms with Crippen LogP contribution in [-0.2, 0) is 36.6 Å². The van der Waals surface area contributed by atoms with Crippen molar-refractivity contribution in [2.45, 2.75) is 62.9 Å². The predicted molar refractivity (Wildman–Crippen MR) is 131 cm³/mol. The fraction of sp³-hybridized carbons (Fsp3) is 0.500. The van der Waals surface area contributed by atoms with Crippen molar-refractivity contribution in [2.75, 3.05) is 26.9 Å². The van der Waals surface area contributed by atoms with Gasteiger partial charge in [-0.2, -0.15) is 8.42 Å². The molecule has 0 fully saturated rings. The molecule has 1 aliphatic rings. The van der Waals surface area contributed by atoms with E-state index in [-0.39, 0.29) is 30.1 Å². The summed E-state index contributed by atoms with van der Waals surface area (Å²) < 4.78 is 40.3. The molecule has 7 nitrogen and oxygen atoms in total. The smallest absolute Gasteiger partial charge is 0.406 e. The van der Waals surface area contributed by atoms with Crippen LogP contribution in [0.5, 0.6) is 0 Å². The Balaban J connectivity index is 1.50. The highest BCUT2D eigenvalue weighted by Crippen LogP contribution is 2.29. The molecule has 1 amide bonds. The Morgan fingerprint density at radius 1 is 1.12 bits per heavy atom. The zero-order valence-corrected chi connectivity index (χ0v) is 21.0. The highest BCUT2D eigenvalue weighted by atomic mass is 32.2. The van der Waals surface area contributed by atoms with Crippen molar-refractivity contribution in [2.24, 2.45) is 0 Å². The number of aryl methyl sites for hydroxylation is 2. The van der Waals surface area contributed by atoms with E-state index in [9.17, 15) is 13.2 Å². The van der Waals surface area contributed by atoms with Crippen molar-refractivity contribution in [1.82, 2.24) is 5.32 Å². The summed E-state index contributed by atoms with van der Waals surface area (Å²) in [5.41, 5.74) is 4.79. The molecule has 3 rings (SSSR count). The maximum absolute atomic E-state index is 12.3. The minimum Gasteiger partial charge on any atom is -0.453 e. The normalized spacial score (nSPS) is 16.5. The Kier molecular flexibility index (Phi) is 9.50. The first kappa shape index (κ1) is 26.2. The molecule has 8 heteroatoms. The Morgan fingerprint density at radius 3 is 2.59 bits per heavy atom. The van der Waals surface area contributed by atoms with E-state index in [4.69, 9.17) is 13.7 Å². The molecular weight excluding hydrogens is 454 g/mol. The lowest BCUT2D eigenvalue weighted by molar-refractivity contribution is 0.0272. The summed E-state index contributed by atoms with van der Waals surface area (Å²) in [4.78, 5) is 11.6. The molecule has 2 atom stereocenters. The molecule has 1 aliphatic carbocycles. The summed E-state index contributed by atoms with van der Waals surface area (Å²) in [5.74, 6) is 0.246. The molecule has 2 unspecified atom stereocenters. The first-order valence-corrected chi connectivity index (χ1v) is 13.2. The molecule has 0 aromatic heterocycles. The third-order valence-corrected chi connectivity index (χ3v) is 7.51. The number of fused-ring (bicyclic) bond motifs is 1. The van der Waals surface area contributed by atoms with Crippen LogP contribution in [0.1, 0.15) is 54.4 Å². The molecular formula is C26H35NO6S. The van der Waals surface area contributed by atoms with Gasteiger partial charge in [-0.15, -0.1) is 0 Å². The number of hydrogen-bond acceptors (Lipinski definition) is 6. The van der Waals surface area contributed by atoms with Gasteiger partial charge in [0, 0.05) is 12.5 Å². The second-order valence-electron chi connectivity index (χ2n) is 8.71. The van der Waals surface area contributed by atoms with Crippen molar-refractivity contribution >= 4 is 16.2 Å². The molecule has 0 bridgehead atoms. The predicted octanol–water partition coefficient (Wildman–Crippen LogP) is 4.51. The average Bonchev–Trinajstić information content (AvgIpc) is 2.84. The highest BCUT2D eigenvalue weighted by Gasteiger charge is 2.22. The molecule has 0 radical (unpaired) electrons. The molecule has 0 saturated carbocycles. The van der Waals surface area contributed by atoms with Gasteiger partial charge in [0.15, 0.2) is 0 Å². The largest absolute Gasteiger partial charge is 0.453 e. The maximum Gasteiger partial charge on any atom is 0.406 e. The monoisotopic (exact) mass is 489 g/mol. The van der Waals surface area contributed by atoms with E-state index >= 15 is 0 Å². The van der Waals surface area contributed by atoms with Crippen LogP contribution in [0.2, 0.25) is 0 Å². The first-order chi connectivity index (χ1) is 16.3. The van der Waals surface area contributed by atoms with E-state index in [1.807, 2.05) is 6.92 Å². The molecule has 2 aromatic rings. The molecule has 0 saturated heterocycles. The average molecular weight is 490 g/mol. The molecule has 0 heterocycles. The fourth-order valence-corrected chi connectivity index (χ4v) is 5.18. The van der Waals surface area contributed by atoms with Gasteiger partial charge >= 0.3 is 6.09 Å². The number of hydrogen-bond donors (Lipinski definition) is 1. The third kappa shape index (κ3) is 7.29. The van der Waals surface area contributed by atoms with Crippen molar-refractivity contribution in [3.63, 3.8) is 0 Å². The molecule has 0 aliphatic heterocycles. The minimum atomic E-state index is -3.77. The van der Waals surface area contributed by atoms with Crippen LogP contribution in [-0.4, -0.2) is 47.5 Å². The Labute approximate surface area is 202 Å². The lowest BCUT2D eigenvalue weighted by Crippen LogP contribution is -2.28.